The number of hydrogen-bond donors (Lipinski definition) is 1. The largest absolute Gasteiger partial charge is 0.494 e. The summed E-state index contributed by atoms with van der Waals surface area (Å²) >= 11 is 13.5. The van der Waals surface area contributed by atoms with Crippen molar-refractivity contribution in [1.82, 2.24) is 10.3 Å². The van der Waals surface area contributed by atoms with Crippen LogP contribution in [0.25, 0.3) is 0 Å². The zero-order chi connectivity index (χ0) is 13.8. The molecule has 0 saturated carbocycles. The van der Waals surface area contributed by atoms with Crippen molar-refractivity contribution in [1.29, 1.82) is 0 Å². The van der Waals surface area contributed by atoms with E-state index in [1.165, 1.54) is 18.4 Å². The lowest BCUT2D eigenvalue weighted by atomic mass is 10.2. The first-order valence-electron chi connectivity index (χ1n) is 5.32. The summed E-state index contributed by atoms with van der Waals surface area (Å²) in [7, 11) is 1.44. The first-order valence-corrected chi connectivity index (χ1v) is 6.95. The lowest BCUT2D eigenvalue weighted by Gasteiger charge is -2.11. The number of hydrogen-bond acceptors (Lipinski definition) is 4. The van der Waals surface area contributed by atoms with Crippen molar-refractivity contribution in [3.8, 4) is 5.75 Å². The van der Waals surface area contributed by atoms with Crippen LogP contribution >= 0.6 is 34.5 Å². The molecule has 0 fully saturated rings. The van der Waals surface area contributed by atoms with Gasteiger partial charge in [-0.2, -0.15) is 0 Å². The number of nitrogens with zero attached hydrogens (tertiary/aromatic N) is 1. The van der Waals surface area contributed by atoms with E-state index in [0.29, 0.717) is 11.6 Å². The van der Waals surface area contributed by atoms with Crippen LogP contribution in [0.15, 0.2) is 23.7 Å². The summed E-state index contributed by atoms with van der Waals surface area (Å²) in [5.74, 6) is -0.0784. The summed E-state index contributed by atoms with van der Waals surface area (Å²) < 4.78 is 5.12. The van der Waals surface area contributed by atoms with E-state index in [0.717, 1.165) is 5.01 Å². The van der Waals surface area contributed by atoms with Crippen LogP contribution in [0.2, 0.25) is 10.0 Å². The summed E-state index contributed by atoms with van der Waals surface area (Å²) in [5, 5.41) is 6.01. The van der Waals surface area contributed by atoms with E-state index in [1.54, 1.807) is 18.3 Å². The standard InChI is InChI=1S/C12H10Cl2N2O2S/c1-18-11-8(14)3-2-7(13)10(11)12(17)16-6-9-15-4-5-19-9/h2-5H,6H2,1H3,(H,16,17). The van der Waals surface area contributed by atoms with Crippen LogP contribution < -0.4 is 10.1 Å². The van der Waals surface area contributed by atoms with Crippen molar-refractivity contribution in [3.63, 3.8) is 0 Å². The Balaban J connectivity index is 2.21. The second kappa shape index (κ2) is 6.23. The van der Waals surface area contributed by atoms with E-state index in [9.17, 15) is 4.79 Å². The number of amides is 1. The lowest BCUT2D eigenvalue weighted by molar-refractivity contribution is 0.0948. The molecule has 4 nitrogen and oxygen atoms in total. The fraction of sp³-hybridized carbons (Fsp3) is 0.167. The van der Waals surface area contributed by atoms with Crippen molar-refractivity contribution in [2.24, 2.45) is 0 Å². The van der Waals surface area contributed by atoms with Gasteiger partial charge in [-0.25, -0.2) is 4.98 Å². The predicted octanol–water partition coefficient (Wildman–Crippen LogP) is 3.39. The smallest absolute Gasteiger partial charge is 0.256 e. The number of aromatic nitrogens is 1. The number of carbonyl (C=O) groups is 1. The van der Waals surface area contributed by atoms with Crippen LogP contribution in [0.1, 0.15) is 15.4 Å². The summed E-state index contributed by atoms with van der Waals surface area (Å²) in [6, 6.07) is 3.14. The Labute approximate surface area is 124 Å². The molecule has 1 aromatic carbocycles. The number of thiazole rings is 1. The molecule has 1 aromatic heterocycles. The highest BCUT2D eigenvalue weighted by atomic mass is 35.5. The Morgan fingerprint density at radius 3 is 2.79 bits per heavy atom. The van der Waals surface area contributed by atoms with Gasteiger partial charge in [-0.3, -0.25) is 4.79 Å². The zero-order valence-corrected chi connectivity index (χ0v) is 12.3. The Hall–Kier alpha value is -1.30. The van der Waals surface area contributed by atoms with Gasteiger partial charge < -0.3 is 10.1 Å². The van der Waals surface area contributed by atoms with E-state index >= 15 is 0 Å². The Morgan fingerprint density at radius 2 is 2.16 bits per heavy atom. The maximum Gasteiger partial charge on any atom is 0.256 e. The number of methoxy groups -OCH3 is 1. The second-order valence-electron chi connectivity index (χ2n) is 3.55. The van der Waals surface area contributed by atoms with E-state index in [-0.39, 0.29) is 22.2 Å². The highest BCUT2D eigenvalue weighted by Crippen LogP contribution is 2.33. The van der Waals surface area contributed by atoms with Gasteiger partial charge in [0.15, 0.2) is 5.75 Å². The van der Waals surface area contributed by atoms with E-state index in [2.05, 4.69) is 10.3 Å². The molecular formula is C12H10Cl2N2O2S. The van der Waals surface area contributed by atoms with Crippen LogP contribution in [0.3, 0.4) is 0 Å². The molecule has 0 bridgehead atoms. The van der Waals surface area contributed by atoms with Crippen LogP contribution in [0.4, 0.5) is 0 Å². The molecule has 100 valence electrons. The van der Waals surface area contributed by atoms with Gasteiger partial charge in [-0.1, -0.05) is 23.2 Å². The van der Waals surface area contributed by atoms with Crippen molar-refractivity contribution in [2.45, 2.75) is 6.54 Å². The molecule has 1 heterocycles. The predicted molar refractivity (Wildman–Crippen MR) is 76.3 cm³/mol. The van der Waals surface area contributed by atoms with Crippen molar-refractivity contribution >= 4 is 40.4 Å². The first kappa shape index (κ1) is 14.1. The molecule has 0 aliphatic carbocycles. The van der Waals surface area contributed by atoms with Gasteiger partial charge in [-0.15, -0.1) is 11.3 Å². The molecule has 7 heteroatoms. The molecule has 2 aromatic rings. The third-order valence-electron chi connectivity index (χ3n) is 2.37. The number of ether oxygens (including phenoxy) is 1. The first-order chi connectivity index (χ1) is 9.13. The quantitative estimate of drug-likeness (QED) is 0.940. The summed E-state index contributed by atoms with van der Waals surface area (Å²) in [6.45, 7) is 0.336. The Bertz CT molecular complexity index is 588. The molecule has 0 spiro atoms. The minimum absolute atomic E-state index is 0.230. The van der Waals surface area contributed by atoms with Crippen LogP contribution in [0, 0.1) is 0 Å². The summed E-state index contributed by atoms with van der Waals surface area (Å²) in [5.41, 5.74) is 0.230. The molecule has 0 unspecified atom stereocenters. The highest BCUT2D eigenvalue weighted by Gasteiger charge is 2.19. The Kier molecular flexibility index (Phi) is 4.63. The van der Waals surface area contributed by atoms with Crippen molar-refractivity contribution < 1.29 is 9.53 Å². The average Bonchev–Trinajstić information content (AvgIpc) is 2.91. The molecule has 0 atom stereocenters. The number of benzene rings is 1. The topological polar surface area (TPSA) is 51.2 Å². The van der Waals surface area contributed by atoms with Crippen molar-refractivity contribution in [2.75, 3.05) is 7.11 Å². The third-order valence-corrected chi connectivity index (χ3v) is 3.77. The number of halogens is 2. The van der Waals surface area contributed by atoms with Gasteiger partial charge in [0.25, 0.3) is 5.91 Å². The monoisotopic (exact) mass is 316 g/mol. The van der Waals surface area contributed by atoms with Gasteiger partial charge in [0.05, 0.1) is 23.7 Å². The zero-order valence-electron chi connectivity index (χ0n) is 9.94. The number of carbonyl (C=O) groups excluding carboxylic acids is 1. The van der Waals surface area contributed by atoms with Gasteiger partial charge >= 0.3 is 0 Å². The molecule has 0 aliphatic rings. The fourth-order valence-electron chi connectivity index (χ4n) is 1.53. The van der Waals surface area contributed by atoms with Gasteiger partial charge in [0, 0.05) is 11.6 Å². The minimum Gasteiger partial charge on any atom is -0.494 e. The van der Waals surface area contributed by atoms with Crippen LogP contribution in [-0.2, 0) is 6.54 Å². The molecule has 1 N–H and O–H groups in total. The molecule has 0 aliphatic heterocycles. The molecular weight excluding hydrogens is 307 g/mol. The molecule has 0 saturated heterocycles. The SMILES string of the molecule is COc1c(Cl)ccc(Cl)c1C(=O)NCc1nccs1. The molecule has 19 heavy (non-hydrogen) atoms. The summed E-state index contributed by atoms with van der Waals surface area (Å²) in [4.78, 5) is 16.2. The van der Waals surface area contributed by atoms with E-state index < -0.39 is 0 Å². The molecule has 2 rings (SSSR count). The Morgan fingerprint density at radius 1 is 1.42 bits per heavy atom. The maximum atomic E-state index is 12.1. The second-order valence-corrected chi connectivity index (χ2v) is 5.34. The van der Waals surface area contributed by atoms with Crippen LogP contribution in [0.5, 0.6) is 5.75 Å². The van der Waals surface area contributed by atoms with Crippen LogP contribution in [-0.4, -0.2) is 18.0 Å². The number of nitrogens with one attached hydrogen (secondary N) is 1. The minimum atomic E-state index is -0.348. The lowest BCUT2D eigenvalue weighted by Crippen LogP contribution is -2.23. The molecule has 0 radical (unpaired) electrons. The van der Waals surface area contributed by atoms with Gasteiger partial charge in [-0.05, 0) is 12.1 Å². The maximum absolute atomic E-state index is 12.1. The van der Waals surface area contributed by atoms with Gasteiger partial charge in [0.2, 0.25) is 0 Å². The normalized spacial score (nSPS) is 10.3. The number of rotatable bonds is 4. The van der Waals surface area contributed by atoms with Crippen molar-refractivity contribution in [3.05, 3.63) is 44.3 Å². The molecule has 1 amide bonds. The van der Waals surface area contributed by atoms with E-state index in [4.69, 9.17) is 27.9 Å². The van der Waals surface area contributed by atoms with Gasteiger partial charge in [0.1, 0.15) is 10.6 Å². The average molecular weight is 317 g/mol. The van der Waals surface area contributed by atoms with E-state index in [1.807, 2.05) is 5.38 Å². The summed E-state index contributed by atoms with van der Waals surface area (Å²) in [6.07, 6.45) is 1.68. The third kappa shape index (κ3) is 3.18. The highest BCUT2D eigenvalue weighted by molar-refractivity contribution is 7.09. The fourth-order valence-corrected chi connectivity index (χ4v) is 2.55.